The molecule has 0 saturated carbocycles. The standard InChI is InChI=1S/C16H19ClN2/c1-11-7-8-13(17)10-14(11)16(18-3)12(2)15-6-4-5-9-19-15/h4-10,12,16,18H,1-3H3. The highest BCUT2D eigenvalue weighted by Crippen LogP contribution is 2.32. The molecule has 0 saturated heterocycles. The number of nitrogens with one attached hydrogen (secondary N) is 1. The van der Waals surface area contributed by atoms with Crippen molar-refractivity contribution in [1.29, 1.82) is 0 Å². The summed E-state index contributed by atoms with van der Waals surface area (Å²) in [5.74, 6) is 0.281. The fourth-order valence-electron chi connectivity index (χ4n) is 2.44. The lowest BCUT2D eigenvalue weighted by Gasteiger charge is -2.25. The van der Waals surface area contributed by atoms with E-state index in [1.165, 1.54) is 11.1 Å². The quantitative estimate of drug-likeness (QED) is 0.908. The number of halogens is 1. The number of nitrogens with zero attached hydrogens (tertiary/aromatic N) is 1. The van der Waals surface area contributed by atoms with E-state index < -0.39 is 0 Å². The van der Waals surface area contributed by atoms with Crippen LogP contribution in [0.25, 0.3) is 0 Å². The van der Waals surface area contributed by atoms with Crippen LogP contribution in [0.5, 0.6) is 0 Å². The van der Waals surface area contributed by atoms with E-state index in [0.29, 0.717) is 0 Å². The Balaban J connectivity index is 2.37. The third-order valence-electron chi connectivity index (χ3n) is 3.54. The summed E-state index contributed by atoms with van der Waals surface area (Å²) in [5.41, 5.74) is 3.56. The summed E-state index contributed by atoms with van der Waals surface area (Å²) < 4.78 is 0. The van der Waals surface area contributed by atoms with Crippen LogP contribution in [-0.4, -0.2) is 12.0 Å². The van der Waals surface area contributed by atoms with E-state index in [1.807, 2.05) is 37.5 Å². The molecule has 2 unspecified atom stereocenters. The highest BCUT2D eigenvalue weighted by atomic mass is 35.5. The Hall–Kier alpha value is -1.38. The first-order valence-electron chi connectivity index (χ1n) is 6.47. The van der Waals surface area contributed by atoms with Crippen LogP contribution in [-0.2, 0) is 0 Å². The van der Waals surface area contributed by atoms with Gasteiger partial charge in [-0.05, 0) is 49.4 Å². The third kappa shape index (κ3) is 3.14. The summed E-state index contributed by atoms with van der Waals surface area (Å²) in [6.45, 7) is 4.30. The minimum absolute atomic E-state index is 0.202. The van der Waals surface area contributed by atoms with Gasteiger partial charge in [0.25, 0.3) is 0 Å². The largest absolute Gasteiger partial charge is 0.312 e. The minimum Gasteiger partial charge on any atom is -0.312 e. The SMILES string of the molecule is CNC(c1cc(Cl)ccc1C)C(C)c1ccccn1. The van der Waals surface area contributed by atoms with Crippen molar-refractivity contribution in [2.75, 3.05) is 7.05 Å². The molecule has 0 spiro atoms. The predicted octanol–water partition coefficient (Wildman–Crippen LogP) is 4.11. The first-order chi connectivity index (χ1) is 9.13. The van der Waals surface area contributed by atoms with Crippen molar-refractivity contribution in [3.05, 3.63) is 64.4 Å². The van der Waals surface area contributed by atoms with Crippen LogP contribution in [0.4, 0.5) is 0 Å². The van der Waals surface area contributed by atoms with E-state index >= 15 is 0 Å². The van der Waals surface area contributed by atoms with E-state index in [-0.39, 0.29) is 12.0 Å². The molecule has 1 heterocycles. The zero-order chi connectivity index (χ0) is 13.8. The van der Waals surface area contributed by atoms with Gasteiger partial charge in [-0.25, -0.2) is 0 Å². The van der Waals surface area contributed by atoms with Gasteiger partial charge in [-0.3, -0.25) is 4.98 Å². The van der Waals surface area contributed by atoms with E-state index in [0.717, 1.165) is 10.7 Å². The van der Waals surface area contributed by atoms with Crippen molar-refractivity contribution in [2.45, 2.75) is 25.8 Å². The molecular weight excluding hydrogens is 256 g/mol. The maximum absolute atomic E-state index is 6.13. The summed E-state index contributed by atoms with van der Waals surface area (Å²) in [7, 11) is 1.98. The average Bonchev–Trinajstić information content (AvgIpc) is 2.44. The lowest BCUT2D eigenvalue weighted by atomic mass is 9.89. The zero-order valence-corrected chi connectivity index (χ0v) is 12.3. The summed E-state index contributed by atoms with van der Waals surface area (Å²) >= 11 is 6.13. The van der Waals surface area contributed by atoms with E-state index in [2.05, 4.69) is 36.3 Å². The average molecular weight is 275 g/mol. The molecule has 0 aliphatic heterocycles. The molecule has 19 heavy (non-hydrogen) atoms. The lowest BCUT2D eigenvalue weighted by Crippen LogP contribution is -2.23. The number of hydrogen-bond donors (Lipinski definition) is 1. The van der Waals surface area contributed by atoms with Gasteiger partial charge in [0.15, 0.2) is 0 Å². The van der Waals surface area contributed by atoms with Gasteiger partial charge in [0, 0.05) is 28.9 Å². The molecule has 2 nitrogen and oxygen atoms in total. The van der Waals surface area contributed by atoms with Gasteiger partial charge < -0.3 is 5.32 Å². The second kappa shape index (κ2) is 6.18. The Labute approximate surface area is 119 Å². The molecule has 0 aliphatic carbocycles. The topological polar surface area (TPSA) is 24.9 Å². The van der Waals surface area contributed by atoms with Crippen LogP contribution in [0.3, 0.4) is 0 Å². The molecule has 0 radical (unpaired) electrons. The molecule has 0 amide bonds. The molecule has 2 rings (SSSR count). The summed E-state index contributed by atoms with van der Waals surface area (Å²) in [4.78, 5) is 4.45. The lowest BCUT2D eigenvalue weighted by molar-refractivity contribution is 0.497. The molecule has 2 aromatic rings. The van der Waals surface area contributed by atoms with Crippen molar-refractivity contribution < 1.29 is 0 Å². The van der Waals surface area contributed by atoms with Crippen molar-refractivity contribution in [2.24, 2.45) is 0 Å². The van der Waals surface area contributed by atoms with Gasteiger partial charge in [-0.15, -0.1) is 0 Å². The zero-order valence-electron chi connectivity index (χ0n) is 11.5. The number of likely N-dealkylation sites (N-methyl/N-ethyl adjacent to an activating group) is 1. The maximum Gasteiger partial charge on any atom is 0.0450 e. The predicted molar refractivity (Wildman–Crippen MR) is 80.6 cm³/mol. The Kier molecular flexibility index (Phi) is 4.56. The molecule has 0 bridgehead atoms. The number of aryl methyl sites for hydroxylation is 1. The van der Waals surface area contributed by atoms with Gasteiger partial charge in [-0.1, -0.05) is 30.7 Å². The van der Waals surface area contributed by atoms with Gasteiger partial charge in [0.1, 0.15) is 0 Å². The van der Waals surface area contributed by atoms with Crippen LogP contribution < -0.4 is 5.32 Å². The fourth-order valence-corrected chi connectivity index (χ4v) is 2.62. The van der Waals surface area contributed by atoms with Gasteiger partial charge in [-0.2, -0.15) is 0 Å². The van der Waals surface area contributed by atoms with Crippen molar-refractivity contribution >= 4 is 11.6 Å². The van der Waals surface area contributed by atoms with Crippen molar-refractivity contribution in [3.63, 3.8) is 0 Å². The molecule has 1 aromatic heterocycles. The summed E-state index contributed by atoms with van der Waals surface area (Å²) in [6, 6.07) is 12.3. The number of rotatable bonds is 4. The monoisotopic (exact) mass is 274 g/mol. The Morgan fingerprint density at radius 1 is 1.21 bits per heavy atom. The Bertz CT molecular complexity index is 540. The maximum atomic E-state index is 6.13. The molecule has 0 fully saturated rings. The van der Waals surface area contributed by atoms with Gasteiger partial charge in [0.05, 0.1) is 0 Å². The Morgan fingerprint density at radius 2 is 2.00 bits per heavy atom. The second-order valence-corrected chi connectivity index (χ2v) is 5.25. The van der Waals surface area contributed by atoms with E-state index in [4.69, 9.17) is 11.6 Å². The van der Waals surface area contributed by atoms with Crippen LogP contribution in [0.1, 0.15) is 35.7 Å². The van der Waals surface area contributed by atoms with E-state index in [9.17, 15) is 0 Å². The first-order valence-corrected chi connectivity index (χ1v) is 6.85. The molecule has 100 valence electrons. The van der Waals surface area contributed by atoms with Crippen molar-refractivity contribution in [1.82, 2.24) is 10.3 Å². The number of pyridine rings is 1. The molecule has 1 N–H and O–H groups in total. The first kappa shape index (κ1) is 14.0. The molecule has 0 aliphatic rings. The number of hydrogen-bond acceptors (Lipinski definition) is 2. The van der Waals surface area contributed by atoms with Gasteiger partial charge >= 0.3 is 0 Å². The molecular formula is C16H19ClN2. The molecule has 3 heteroatoms. The van der Waals surface area contributed by atoms with Crippen LogP contribution in [0, 0.1) is 6.92 Å². The summed E-state index contributed by atoms with van der Waals surface area (Å²) in [6.07, 6.45) is 1.84. The van der Waals surface area contributed by atoms with Crippen LogP contribution in [0.2, 0.25) is 5.02 Å². The minimum atomic E-state index is 0.202. The van der Waals surface area contributed by atoms with Crippen molar-refractivity contribution in [3.8, 4) is 0 Å². The second-order valence-electron chi connectivity index (χ2n) is 4.81. The number of aromatic nitrogens is 1. The normalized spacial score (nSPS) is 14.1. The third-order valence-corrected chi connectivity index (χ3v) is 3.78. The molecule has 2 atom stereocenters. The summed E-state index contributed by atoms with van der Waals surface area (Å²) in [5, 5.41) is 4.16. The highest BCUT2D eigenvalue weighted by Gasteiger charge is 2.21. The Morgan fingerprint density at radius 3 is 2.63 bits per heavy atom. The van der Waals surface area contributed by atoms with Crippen LogP contribution in [0.15, 0.2) is 42.6 Å². The van der Waals surface area contributed by atoms with Crippen LogP contribution >= 0.6 is 11.6 Å². The highest BCUT2D eigenvalue weighted by molar-refractivity contribution is 6.30. The fraction of sp³-hybridized carbons (Fsp3) is 0.312. The number of benzene rings is 1. The smallest absolute Gasteiger partial charge is 0.0450 e. The van der Waals surface area contributed by atoms with Gasteiger partial charge in [0.2, 0.25) is 0 Å². The molecule has 1 aromatic carbocycles. The van der Waals surface area contributed by atoms with E-state index in [1.54, 1.807) is 0 Å².